The average Bonchev–Trinajstić information content (AvgIpc) is 2.97. The van der Waals surface area contributed by atoms with Gasteiger partial charge in [0.05, 0.1) is 19.8 Å². The molecule has 2 aliphatic heterocycles. The molecule has 0 unspecified atom stereocenters. The first-order valence-electron chi connectivity index (χ1n) is 14.9. The van der Waals surface area contributed by atoms with Gasteiger partial charge >= 0.3 is 0 Å². The van der Waals surface area contributed by atoms with Gasteiger partial charge in [0.2, 0.25) is 8.32 Å². The van der Waals surface area contributed by atoms with Crippen LogP contribution in [0, 0.1) is 0 Å². The van der Waals surface area contributed by atoms with Gasteiger partial charge in [-0.05, 0) is 22.2 Å². The zero-order chi connectivity index (χ0) is 29.4. The van der Waals surface area contributed by atoms with Crippen molar-refractivity contribution < 1.29 is 32.8 Å². The summed E-state index contributed by atoms with van der Waals surface area (Å²) in [5.74, 6) is 0. The Balaban J connectivity index is 1.61. The maximum Gasteiger partial charge on any atom is 0.203 e. The van der Waals surface area contributed by atoms with Crippen molar-refractivity contribution in [2.45, 2.75) is 102 Å². The van der Waals surface area contributed by atoms with Gasteiger partial charge < -0.3 is 32.8 Å². The van der Waals surface area contributed by atoms with E-state index in [0.29, 0.717) is 36.4 Å². The van der Waals surface area contributed by atoms with Crippen LogP contribution in [0.1, 0.15) is 59.0 Å². The van der Waals surface area contributed by atoms with Crippen LogP contribution in [-0.4, -0.2) is 59.0 Å². The lowest BCUT2D eigenvalue weighted by atomic mass is 9.97. The Morgan fingerprint density at radius 1 is 0.829 bits per heavy atom. The molecule has 0 bridgehead atoms. The van der Waals surface area contributed by atoms with Gasteiger partial charge in [0.1, 0.15) is 31.2 Å². The molecule has 2 aromatic rings. The van der Waals surface area contributed by atoms with Crippen molar-refractivity contribution in [1.82, 2.24) is 0 Å². The lowest BCUT2D eigenvalue weighted by Gasteiger charge is -2.49. The summed E-state index contributed by atoms with van der Waals surface area (Å²) in [7, 11) is -2.16. The van der Waals surface area contributed by atoms with Gasteiger partial charge in [-0.15, -0.1) is 6.58 Å². The molecule has 0 radical (unpaired) electrons. The molecule has 2 saturated heterocycles. The summed E-state index contributed by atoms with van der Waals surface area (Å²) in [4.78, 5) is 0. The fourth-order valence-electron chi connectivity index (χ4n) is 6.47. The number of fused-ring (bicyclic) bond motifs is 1. The van der Waals surface area contributed by atoms with Crippen molar-refractivity contribution in [3.63, 3.8) is 0 Å². The van der Waals surface area contributed by atoms with Gasteiger partial charge in [-0.25, -0.2) is 0 Å². The van der Waals surface area contributed by atoms with Gasteiger partial charge in [-0.2, -0.15) is 0 Å². The van der Waals surface area contributed by atoms with Crippen LogP contribution < -0.4 is 0 Å². The Bertz CT molecular complexity index is 1030. The van der Waals surface area contributed by atoms with E-state index in [4.69, 9.17) is 32.8 Å². The van der Waals surface area contributed by atoms with Crippen molar-refractivity contribution >= 4 is 8.32 Å². The van der Waals surface area contributed by atoms with Crippen LogP contribution in [0.15, 0.2) is 73.3 Å². The van der Waals surface area contributed by atoms with E-state index in [9.17, 15) is 0 Å². The second-order valence-electron chi connectivity index (χ2n) is 11.8. The summed E-state index contributed by atoms with van der Waals surface area (Å²) in [6.07, 6.45) is -1.45. The molecular formula is C33H48O7Si. The van der Waals surface area contributed by atoms with Crippen LogP contribution in [0.5, 0.6) is 0 Å². The molecule has 2 aromatic carbocycles. The van der Waals surface area contributed by atoms with Crippen molar-refractivity contribution in [2.75, 3.05) is 20.0 Å². The Kier molecular flexibility index (Phi) is 11.7. The average molecular weight is 585 g/mol. The minimum atomic E-state index is -2.16. The third-order valence-corrected chi connectivity index (χ3v) is 14.3. The predicted octanol–water partition coefficient (Wildman–Crippen LogP) is 7.15. The quantitative estimate of drug-likeness (QED) is 0.133. The maximum absolute atomic E-state index is 6.81. The highest BCUT2D eigenvalue weighted by atomic mass is 28.4. The molecule has 0 spiro atoms. The van der Waals surface area contributed by atoms with Gasteiger partial charge in [-0.3, -0.25) is 0 Å². The minimum absolute atomic E-state index is 0.147. The zero-order valence-electron chi connectivity index (χ0n) is 25.4. The van der Waals surface area contributed by atoms with E-state index in [1.165, 1.54) is 0 Å². The van der Waals surface area contributed by atoms with Crippen LogP contribution >= 0.6 is 0 Å². The van der Waals surface area contributed by atoms with E-state index in [1.54, 1.807) is 6.08 Å². The molecule has 0 amide bonds. The summed E-state index contributed by atoms with van der Waals surface area (Å²) in [5.41, 5.74) is 3.30. The Labute approximate surface area is 247 Å². The summed E-state index contributed by atoms with van der Waals surface area (Å²) >= 11 is 0. The number of hydrogen-bond acceptors (Lipinski definition) is 7. The Morgan fingerprint density at radius 2 is 1.46 bits per heavy atom. The number of rotatable bonds is 14. The smallest absolute Gasteiger partial charge is 0.203 e. The summed E-state index contributed by atoms with van der Waals surface area (Å²) in [6.45, 7) is 18.6. The van der Waals surface area contributed by atoms with Crippen molar-refractivity contribution in [3.8, 4) is 0 Å². The van der Waals surface area contributed by atoms with E-state index in [-0.39, 0.29) is 6.79 Å². The van der Waals surface area contributed by atoms with Gasteiger partial charge in [0, 0.05) is 5.56 Å². The lowest BCUT2D eigenvalue weighted by molar-refractivity contribution is -0.373. The second kappa shape index (κ2) is 15.0. The minimum Gasteiger partial charge on any atom is -0.394 e. The van der Waals surface area contributed by atoms with E-state index < -0.39 is 45.3 Å². The summed E-state index contributed by atoms with van der Waals surface area (Å²) < 4.78 is 45.2. The molecule has 0 aromatic heterocycles. The number of ether oxygens (including phenoxy) is 6. The van der Waals surface area contributed by atoms with Gasteiger partial charge in [0.15, 0.2) is 12.6 Å². The largest absolute Gasteiger partial charge is 0.394 e. The highest BCUT2D eigenvalue weighted by molar-refractivity contribution is 6.77. The van der Waals surface area contributed by atoms with Gasteiger partial charge in [-0.1, -0.05) is 108 Å². The van der Waals surface area contributed by atoms with E-state index in [1.807, 2.05) is 60.7 Å². The van der Waals surface area contributed by atoms with Crippen LogP contribution in [-0.2, 0) is 39.5 Å². The highest BCUT2D eigenvalue weighted by Crippen LogP contribution is 2.43. The topological polar surface area (TPSA) is 64.6 Å². The van der Waals surface area contributed by atoms with E-state index >= 15 is 0 Å². The Morgan fingerprint density at radius 3 is 2.07 bits per heavy atom. The van der Waals surface area contributed by atoms with Crippen LogP contribution in [0.3, 0.4) is 0 Å². The molecule has 41 heavy (non-hydrogen) atoms. The summed E-state index contributed by atoms with van der Waals surface area (Å²) in [5, 5.41) is 0. The van der Waals surface area contributed by atoms with Crippen molar-refractivity contribution in [3.05, 3.63) is 84.4 Å². The van der Waals surface area contributed by atoms with Crippen molar-refractivity contribution in [1.29, 1.82) is 0 Å². The van der Waals surface area contributed by atoms with Crippen LogP contribution in [0.25, 0.3) is 0 Å². The summed E-state index contributed by atoms with van der Waals surface area (Å²) in [6, 6.07) is 20.0. The molecule has 2 heterocycles. The lowest BCUT2D eigenvalue weighted by Crippen LogP contribution is -2.64. The van der Waals surface area contributed by atoms with Crippen LogP contribution in [0.2, 0.25) is 16.6 Å². The molecule has 4 rings (SSSR count). The fraction of sp³-hybridized carbons (Fsp3) is 0.576. The number of hydrogen-bond donors (Lipinski definition) is 0. The first kappa shape index (κ1) is 32.0. The molecule has 7 nitrogen and oxygen atoms in total. The molecule has 0 aliphatic carbocycles. The van der Waals surface area contributed by atoms with E-state index in [2.05, 4.69) is 48.1 Å². The third-order valence-electron chi connectivity index (χ3n) is 8.30. The molecule has 8 heteroatoms. The molecule has 0 saturated carbocycles. The fourth-order valence-corrected chi connectivity index (χ4v) is 11.7. The first-order valence-corrected chi connectivity index (χ1v) is 17.0. The standard InChI is InChI=1S/C33H48O7Si/c1-8-19-34-33-31(35-20-26-15-11-9-12-16-26)30(37-22-38-41(23(2)3,24(4)5)25(6)7)29-28(39-33)21-36-32(40-29)27-17-13-10-14-18-27/h8-18,23-25,28-33H,1,19-22H2,2-7H3/t28-,29-,30+,31+,32-,33+/m1/s1. The predicted molar refractivity (Wildman–Crippen MR) is 162 cm³/mol. The monoisotopic (exact) mass is 584 g/mol. The molecule has 6 atom stereocenters. The molecule has 226 valence electrons. The third kappa shape index (κ3) is 7.56. The Hall–Kier alpha value is -1.88. The molecule has 2 aliphatic rings. The second-order valence-corrected chi connectivity index (χ2v) is 17.3. The maximum atomic E-state index is 6.81. The number of benzene rings is 2. The highest BCUT2D eigenvalue weighted by Gasteiger charge is 2.52. The van der Waals surface area contributed by atoms with Crippen LogP contribution in [0.4, 0.5) is 0 Å². The molecule has 0 N–H and O–H groups in total. The zero-order valence-corrected chi connectivity index (χ0v) is 26.4. The van der Waals surface area contributed by atoms with Crippen molar-refractivity contribution in [2.24, 2.45) is 0 Å². The SMILES string of the molecule is C=CCO[C@H]1O[C@@H]2CO[C@@H](c3ccccc3)O[C@H]2[C@H](OCO[Si](C(C)C)(C(C)C)C(C)C)[C@@H]1OCc1ccccc1. The van der Waals surface area contributed by atoms with E-state index in [0.717, 1.165) is 11.1 Å². The first-order chi connectivity index (χ1) is 19.8. The molecular weight excluding hydrogens is 536 g/mol. The van der Waals surface area contributed by atoms with Gasteiger partial charge in [0.25, 0.3) is 0 Å². The molecule has 2 fully saturated rings. The normalized spacial score (nSPS) is 26.9.